The Balaban J connectivity index is 1.41. The van der Waals surface area contributed by atoms with Crippen molar-refractivity contribution in [2.24, 2.45) is 5.92 Å². The molecule has 0 aliphatic carbocycles. The Kier molecular flexibility index (Phi) is 6.08. The molecule has 0 atom stereocenters. The van der Waals surface area contributed by atoms with E-state index in [1.807, 2.05) is 15.9 Å². The van der Waals surface area contributed by atoms with Gasteiger partial charge in [0.2, 0.25) is 11.8 Å². The Hall–Kier alpha value is -1.88. The SMILES string of the molecule is CC1CCN(C(=O)CC(=O)N2CCN(Cc3ccccc3)CC2)CC1. The maximum Gasteiger partial charge on any atom is 0.232 e. The molecule has 2 aliphatic rings. The molecule has 5 heteroatoms. The third kappa shape index (κ3) is 5.05. The smallest absolute Gasteiger partial charge is 0.232 e. The molecule has 0 N–H and O–H groups in total. The Morgan fingerprint density at radius 1 is 0.880 bits per heavy atom. The molecule has 0 aromatic heterocycles. The number of likely N-dealkylation sites (tertiary alicyclic amines) is 1. The highest BCUT2D eigenvalue weighted by atomic mass is 16.2. The molecule has 136 valence electrons. The second kappa shape index (κ2) is 8.48. The van der Waals surface area contributed by atoms with Gasteiger partial charge in [0.1, 0.15) is 6.42 Å². The molecule has 0 saturated carbocycles. The minimum atomic E-state index is -0.0111. The van der Waals surface area contributed by atoms with Crippen LogP contribution in [0.2, 0.25) is 0 Å². The normalized spacial score (nSPS) is 19.9. The van der Waals surface area contributed by atoms with Crippen molar-refractivity contribution < 1.29 is 9.59 Å². The van der Waals surface area contributed by atoms with Gasteiger partial charge in [0.05, 0.1) is 0 Å². The molecule has 0 radical (unpaired) electrons. The number of piperidine rings is 1. The third-order valence-electron chi connectivity index (χ3n) is 5.41. The summed E-state index contributed by atoms with van der Waals surface area (Å²) in [5.41, 5.74) is 1.30. The summed E-state index contributed by atoms with van der Waals surface area (Å²) in [6.45, 7) is 7.93. The van der Waals surface area contributed by atoms with Crippen LogP contribution in [0.15, 0.2) is 30.3 Å². The van der Waals surface area contributed by atoms with Gasteiger partial charge in [-0.15, -0.1) is 0 Å². The van der Waals surface area contributed by atoms with Crippen molar-refractivity contribution in [2.45, 2.75) is 32.7 Å². The van der Waals surface area contributed by atoms with Gasteiger partial charge in [-0.05, 0) is 24.3 Å². The molecule has 2 saturated heterocycles. The molecule has 2 fully saturated rings. The summed E-state index contributed by atoms with van der Waals surface area (Å²) in [5, 5.41) is 0. The molecule has 1 aromatic carbocycles. The average molecular weight is 343 g/mol. The Morgan fingerprint density at radius 2 is 1.44 bits per heavy atom. The number of benzene rings is 1. The monoisotopic (exact) mass is 343 g/mol. The van der Waals surface area contributed by atoms with Gasteiger partial charge in [-0.2, -0.15) is 0 Å². The molecule has 2 aliphatic heterocycles. The predicted octanol–water partition coefficient (Wildman–Crippen LogP) is 1.98. The maximum absolute atomic E-state index is 12.4. The number of piperazine rings is 1. The van der Waals surface area contributed by atoms with Crippen LogP contribution in [-0.2, 0) is 16.1 Å². The number of carbonyl (C=O) groups is 2. The molecule has 0 unspecified atom stereocenters. The zero-order chi connectivity index (χ0) is 17.6. The van der Waals surface area contributed by atoms with E-state index in [4.69, 9.17) is 0 Å². The molecule has 2 amide bonds. The Bertz CT molecular complexity index is 574. The first kappa shape index (κ1) is 17.9. The highest BCUT2D eigenvalue weighted by Gasteiger charge is 2.26. The lowest BCUT2D eigenvalue weighted by Gasteiger charge is -2.35. The van der Waals surface area contributed by atoms with E-state index in [9.17, 15) is 9.59 Å². The van der Waals surface area contributed by atoms with E-state index in [0.717, 1.165) is 58.7 Å². The van der Waals surface area contributed by atoms with Crippen molar-refractivity contribution in [3.05, 3.63) is 35.9 Å². The quantitative estimate of drug-likeness (QED) is 0.785. The summed E-state index contributed by atoms with van der Waals surface area (Å²) in [7, 11) is 0. The van der Waals surface area contributed by atoms with E-state index in [1.165, 1.54) is 5.56 Å². The minimum Gasteiger partial charge on any atom is -0.342 e. The molecule has 2 heterocycles. The lowest BCUT2D eigenvalue weighted by molar-refractivity contribution is -0.142. The second-order valence-corrected chi connectivity index (χ2v) is 7.38. The molecule has 0 bridgehead atoms. The van der Waals surface area contributed by atoms with E-state index in [0.29, 0.717) is 5.92 Å². The van der Waals surface area contributed by atoms with Gasteiger partial charge in [0.25, 0.3) is 0 Å². The van der Waals surface area contributed by atoms with E-state index in [1.54, 1.807) is 0 Å². The first-order valence-corrected chi connectivity index (χ1v) is 9.43. The van der Waals surface area contributed by atoms with Crippen molar-refractivity contribution in [1.82, 2.24) is 14.7 Å². The lowest BCUT2D eigenvalue weighted by atomic mass is 9.99. The summed E-state index contributed by atoms with van der Waals surface area (Å²) in [5.74, 6) is 0.684. The average Bonchev–Trinajstić information content (AvgIpc) is 2.63. The number of carbonyl (C=O) groups excluding carboxylic acids is 2. The fraction of sp³-hybridized carbons (Fsp3) is 0.600. The van der Waals surface area contributed by atoms with Crippen molar-refractivity contribution in [2.75, 3.05) is 39.3 Å². The molecule has 0 spiro atoms. The van der Waals surface area contributed by atoms with Crippen LogP contribution in [0, 0.1) is 5.92 Å². The topological polar surface area (TPSA) is 43.9 Å². The number of nitrogens with zero attached hydrogens (tertiary/aromatic N) is 3. The molecule has 1 aromatic rings. The summed E-state index contributed by atoms with van der Waals surface area (Å²) in [6.07, 6.45) is 2.14. The standard InChI is InChI=1S/C20H29N3O2/c1-17-7-9-22(10-8-17)19(24)15-20(25)23-13-11-21(12-14-23)16-18-5-3-2-4-6-18/h2-6,17H,7-16H2,1H3. The molecular formula is C20H29N3O2. The number of amides is 2. The van der Waals surface area contributed by atoms with Crippen LogP contribution in [0.25, 0.3) is 0 Å². The van der Waals surface area contributed by atoms with E-state index < -0.39 is 0 Å². The fourth-order valence-corrected chi connectivity index (χ4v) is 3.61. The van der Waals surface area contributed by atoms with Gasteiger partial charge in [-0.1, -0.05) is 37.3 Å². The van der Waals surface area contributed by atoms with E-state index in [-0.39, 0.29) is 18.2 Å². The third-order valence-corrected chi connectivity index (χ3v) is 5.41. The molecular weight excluding hydrogens is 314 g/mol. The minimum absolute atomic E-state index is 0.00335. The first-order chi connectivity index (χ1) is 12.1. The Morgan fingerprint density at radius 3 is 2.04 bits per heavy atom. The van der Waals surface area contributed by atoms with Crippen LogP contribution < -0.4 is 0 Å². The zero-order valence-corrected chi connectivity index (χ0v) is 15.2. The van der Waals surface area contributed by atoms with E-state index in [2.05, 4.69) is 36.1 Å². The number of rotatable bonds is 4. The van der Waals surface area contributed by atoms with Crippen molar-refractivity contribution in [3.63, 3.8) is 0 Å². The summed E-state index contributed by atoms with van der Waals surface area (Å²) in [6, 6.07) is 10.4. The van der Waals surface area contributed by atoms with Crippen LogP contribution in [0.5, 0.6) is 0 Å². The van der Waals surface area contributed by atoms with Crippen LogP contribution in [-0.4, -0.2) is 65.8 Å². The zero-order valence-electron chi connectivity index (χ0n) is 15.2. The molecule has 5 nitrogen and oxygen atoms in total. The highest BCUT2D eigenvalue weighted by molar-refractivity contribution is 5.97. The summed E-state index contributed by atoms with van der Waals surface area (Å²) in [4.78, 5) is 30.9. The highest BCUT2D eigenvalue weighted by Crippen LogP contribution is 2.17. The van der Waals surface area contributed by atoms with Gasteiger partial charge in [-0.25, -0.2) is 0 Å². The van der Waals surface area contributed by atoms with Gasteiger partial charge in [0, 0.05) is 45.8 Å². The maximum atomic E-state index is 12.4. The lowest BCUT2D eigenvalue weighted by Crippen LogP contribution is -2.49. The van der Waals surface area contributed by atoms with Gasteiger partial charge < -0.3 is 9.80 Å². The number of hydrogen-bond donors (Lipinski definition) is 0. The van der Waals surface area contributed by atoms with Gasteiger partial charge >= 0.3 is 0 Å². The van der Waals surface area contributed by atoms with Crippen molar-refractivity contribution in [1.29, 1.82) is 0 Å². The fourth-order valence-electron chi connectivity index (χ4n) is 3.61. The van der Waals surface area contributed by atoms with Crippen LogP contribution in [0.3, 0.4) is 0 Å². The van der Waals surface area contributed by atoms with Crippen molar-refractivity contribution >= 4 is 11.8 Å². The van der Waals surface area contributed by atoms with Crippen molar-refractivity contribution in [3.8, 4) is 0 Å². The summed E-state index contributed by atoms with van der Waals surface area (Å²) >= 11 is 0. The van der Waals surface area contributed by atoms with E-state index >= 15 is 0 Å². The van der Waals surface area contributed by atoms with Crippen LogP contribution in [0.4, 0.5) is 0 Å². The summed E-state index contributed by atoms with van der Waals surface area (Å²) < 4.78 is 0. The second-order valence-electron chi connectivity index (χ2n) is 7.38. The van der Waals surface area contributed by atoms with Gasteiger partial charge in [0.15, 0.2) is 0 Å². The molecule has 3 rings (SSSR count). The number of hydrogen-bond acceptors (Lipinski definition) is 3. The molecule has 25 heavy (non-hydrogen) atoms. The first-order valence-electron chi connectivity index (χ1n) is 9.43. The van der Waals surface area contributed by atoms with Crippen LogP contribution in [0.1, 0.15) is 31.7 Å². The Labute approximate surface area is 150 Å². The van der Waals surface area contributed by atoms with Gasteiger partial charge in [-0.3, -0.25) is 14.5 Å². The predicted molar refractivity (Wildman–Crippen MR) is 97.9 cm³/mol. The van der Waals surface area contributed by atoms with Crippen LogP contribution >= 0.6 is 0 Å². The largest absolute Gasteiger partial charge is 0.342 e.